The van der Waals surface area contributed by atoms with Crippen molar-refractivity contribution in [2.24, 2.45) is 11.8 Å². The summed E-state index contributed by atoms with van der Waals surface area (Å²) in [6, 6.07) is 15.8. The maximum absolute atomic E-state index is 13.1. The monoisotopic (exact) mass is 336 g/mol. The van der Waals surface area contributed by atoms with E-state index >= 15 is 0 Å². The lowest BCUT2D eigenvalue weighted by atomic mass is 9.70. The van der Waals surface area contributed by atoms with Gasteiger partial charge < -0.3 is 0 Å². The first-order valence-electron chi connectivity index (χ1n) is 10.2. The molecule has 2 aromatic carbocycles. The summed E-state index contributed by atoms with van der Waals surface area (Å²) < 4.78 is 13.1. The Morgan fingerprint density at radius 1 is 0.560 bits per heavy atom. The van der Waals surface area contributed by atoms with Crippen molar-refractivity contribution in [1.29, 1.82) is 0 Å². The van der Waals surface area contributed by atoms with E-state index in [1.165, 1.54) is 81.0 Å². The van der Waals surface area contributed by atoms with E-state index in [9.17, 15) is 4.39 Å². The first-order chi connectivity index (χ1) is 12.3. The zero-order valence-corrected chi connectivity index (χ0v) is 15.1. The first kappa shape index (κ1) is 16.8. The highest BCUT2D eigenvalue weighted by atomic mass is 19.1. The highest BCUT2D eigenvalue weighted by molar-refractivity contribution is 5.63. The van der Waals surface area contributed by atoms with Gasteiger partial charge in [0, 0.05) is 0 Å². The summed E-state index contributed by atoms with van der Waals surface area (Å²) in [5, 5.41) is 0. The molecule has 0 aliphatic heterocycles. The van der Waals surface area contributed by atoms with Gasteiger partial charge in [0.2, 0.25) is 0 Å². The zero-order valence-electron chi connectivity index (χ0n) is 15.1. The Kier molecular flexibility index (Phi) is 5.20. The Balaban J connectivity index is 1.37. The third kappa shape index (κ3) is 3.97. The molecule has 2 saturated carbocycles. The minimum Gasteiger partial charge on any atom is -0.207 e. The molecule has 1 heteroatoms. The largest absolute Gasteiger partial charge is 0.207 e. The lowest BCUT2D eigenvalue weighted by molar-refractivity contribution is 0.186. The smallest absolute Gasteiger partial charge is 0.123 e. The van der Waals surface area contributed by atoms with Crippen LogP contribution in [0.4, 0.5) is 4.39 Å². The lowest BCUT2D eigenvalue weighted by Gasteiger charge is -2.36. The van der Waals surface area contributed by atoms with Crippen molar-refractivity contribution in [2.75, 3.05) is 0 Å². The molecule has 132 valence electrons. The fourth-order valence-corrected chi connectivity index (χ4v) is 5.12. The fourth-order valence-electron chi connectivity index (χ4n) is 5.12. The zero-order chi connectivity index (χ0) is 17.1. The van der Waals surface area contributed by atoms with Crippen molar-refractivity contribution < 1.29 is 4.39 Å². The topological polar surface area (TPSA) is 0 Å². The summed E-state index contributed by atoms with van der Waals surface area (Å²) in [7, 11) is 0. The van der Waals surface area contributed by atoms with Gasteiger partial charge in [0.05, 0.1) is 0 Å². The summed E-state index contributed by atoms with van der Waals surface area (Å²) >= 11 is 0. The number of rotatable bonds is 3. The summed E-state index contributed by atoms with van der Waals surface area (Å²) in [4.78, 5) is 0. The van der Waals surface area contributed by atoms with Crippen LogP contribution in [0.2, 0.25) is 0 Å². The van der Waals surface area contributed by atoms with Crippen molar-refractivity contribution in [3.05, 3.63) is 59.9 Å². The maximum Gasteiger partial charge on any atom is 0.123 e. The molecule has 25 heavy (non-hydrogen) atoms. The number of benzene rings is 2. The van der Waals surface area contributed by atoms with Crippen LogP contribution in [0.3, 0.4) is 0 Å². The molecule has 0 nitrogen and oxygen atoms in total. The quantitative estimate of drug-likeness (QED) is 0.549. The van der Waals surface area contributed by atoms with Gasteiger partial charge in [0.25, 0.3) is 0 Å². The van der Waals surface area contributed by atoms with Crippen molar-refractivity contribution in [1.82, 2.24) is 0 Å². The average Bonchev–Trinajstić information content (AvgIpc) is 2.70. The molecule has 0 N–H and O–H groups in total. The molecule has 0 unspecified atom stereocenters. The summed E-state index contributed by atoms with van der Waals surface area (Å²) in [5.74, 6) is 2.59. The summed E-state index contributed by atoms with van der Waals surface area (Å²) in [6.45, 7) is 0. The third-order valence-corrected chi connectivity index (χ3v) is 6.65. The van der Waals surface area contributed by atoms with Crippen molar-refractivity contribution in [3.63, 3.8) is 0 Å². The van der Waals surface area contributed by atoms with Crippen LogP contribution in [0, 0.1) is 17.7 Å². The second-order valence-corrected chi connectivity index (χ2v) is 8.14. The minimum atomic E-state index is -0.171. The molecular formula is C24H29F. The van der Waals surface area contributed by atoms with Gasteiger partial charge in [-0.25, -0.2) is 4.39 Å². The third-order valence-electron chi connectivity index (χ3n) is 6.65. The minimum absolute atomic E-state index is 0.171. The van der Waals surface area contributed by atoms with Crippen molar-refractivity contribution >= 4 is 0 Å². The molecule has 4 rings (SSSR count). The van der Waals surface area contributed by atoms with Gasteiger partial charge in [0.15, 0.2) is 0 Å². The molecule has 0 atom stereocenters. The van der Waals surface area contributed by atoms with Gasteiger partial charge >= 0.3 is 0 Å². The normalized spacial score (nSPS) is 25.0. The predicted octanol–water partition coefficient (Wildman–Crippen LogP) is 7.35. The molecule has 0 amide bonds. The van der Waals surface area contributed by atoms with Gasteiger partial charge in [-0.15, -0.1) is 0 Å². The van der Waals surface area contributed by atoms with Gasteiger partial charge in [-0.2, -0.15) is 0 Å². The Morgan fingerprint density at radius 3 is 1.68 bits per heavy atom. The van der Waals surface area contributed by atoms with E-state index in [0.29, 0.717) is 0 Å². The first-order valence-corrected chi connectivity index (χ1v) is 10.2. The lowest BCUT2D eigenvalue weighted by Crippen LogP contribution is -2.23. The van der Waals surface area contributed by atoms with Crippen LogP contribution in [0.5, 0.6) is 0 Å². The van der Waals surface area contributed by atoms with E-state index in [0.717, 1.165) is 23.3 Å². The number of halogens is 1. The van der Waals surface area contributed by atoms with E-state index in [1.807, 2.05) is 12.1 Å². The molecule has 2 fully saturated rings. The van der Waals surface area contributed by atoms with Crippen LogP contribution < -0.4 is 0 Å². The molecule has 2 aromatic rings. The Morgan fingerprint density at radius 2 is 1.08 bits per heavy atom. The molecule has 0 aromatic heterocycles. The van der Waals surface area contributed by atoms with E-state index in [-0.39, 0.29) is 5.82 Å². The standard InChI is InChI=1S/C24H29F/c25-24-16-14-23(15-17-24)22-12-10-21(11-13-22)20-8-6-19(7-9-20)18-4-2-1-3-5-18/h10-20H,1-9H2. The van der Waals surface area contributed by atoms with Crippen molar-refractivity contribution in [2.45, 2.75) is 63.7 Å². The van der Waals surface area contributed by atoms with E-state index < -0.39 is 0 Å². The van der Waals surface area contributed by atoms with Gasteiger partial charge in [0.1, 0.15) is 5.82 Å². The molecule has 2 aliphatic carbocycles. The molecule has 0 bridgehead atoms. The molecule has 0 heterocycles. The van der Waals surface area contributed by atoms with Crippen LogP contribution in [-0.4, -0.2) is 0 Å². The van der Waals surface area contributed by atoms with E-state index in [4.69, 9.17) is 0 Å². The van der Waals surface area contributed by atoms with Gasteiger partial charge in [-0.05, 0) is 72.3 Å². The number of hydrogen-bond acceptors (Lipinski definition) is 0. The average molecular weight is 336 g/mol. The summed E-state index contributed by atoms with van der Waals surface area (Å²) in [5.41, 5.74) is 3.77. The Bertz CT molecular complexity index is 656. The van der Waals surface area contributed by atoms with Crippen LogP contribution in [-0.2, 0) is 0 Å². The summed E-state index contributed by atoms with van der Waals surface area (Å²) in [6.07, 6.45) is 12.9. The fraction of sp³-hybridized carbons (Fsp3) is 0.500. The Hall–Kier alpha value is -1.63. The van der Waals surface area contributed by atoms with Gasteiger partial charge in [-0.3, -0.25) is 0 Å². The second kappa shape index (κ2) is 7.72. The molecular weight excluding hydrogens is 307 g/mol. The second-order valence-electron chi connectivity index (χ2n) is 8.14. The maximum atomic E-state index is 13.1. The van der Waals surface area contributed by atoms with E-state index in [2.05, 4.69) is 24.3 Å². The molecule has 0 spiro atoms. The molecule has 2 aliphatic rings. The molecule has 0 saturated heterocycles. The predicted molar refractivity (Wildman–Crippen MR) is 103 cm³/mol. The Labute approximate surface area is 151 Å². The number of hydrogen-bond donors (Lipinski definition) is 0. The van der Waals surface area contributed by atoms with Gasteiger partial charge in [-0.1, -0.05) is 68.5 Å². The highest BCUT2D eigenvalue weighted by Crippen LogP contribution is 2.43. The SMILES string of the molecule is Fc1ccc(-c2ccc(C3CCC(C4CCCCC4)CC3)cc2)cc1. The van der Waals surface area contributed by atoms with Crippen LogP contribution >= 0.6 is 0 Å². The van der Waals surface area contributed by atoms with Crippen LogP contribution in [0.25, 0.3) is 11.1 Å². The molecule has 0 radical (unpaired) electrons. The van der Waals surface area contributed by atoms with Crippen LogP contribution in [0.1, 0.15) is 69.3 Å². The van der Waals surface area contributed by atoms with E-state index in [1.54, 1.807) is 0 Å². The van der Waals surface area contributed by atoms with Crippen LogP contribution in [0.15, 0.2) is 48.5 Å². The van der Waals surface area contributed by atoms with Crippen molar-refractivity contribution in [3.8, 4) is 11.1 Å². The highest BCUT2D eigenvalue weighted by Gasteiger charge is 2.28.